The van der Waals surface area contributed by atoms with Gasteiger partial charge in [0.15, 0.2) is 0 Å². The first-order valence-electron chi connectivity index (χ1n) is 6.85. The van der Waals surface area contributed by atoms with E-state index in [1.165, 1.54) is 0 Å². The average Bonchev–Trinajstić information content (AvgIpc) is 2.79. The topological polar surface area (TPSA) is 18.5 Å². The second-order valence-corrected chi connectivity index (χ2v) is 6.88. The van der Waals surface area contributed by atoms with E-state index in [2.05, 4.69) is 28.8 Å². The van der Waals surface area contributed by atoms with E-state index in [0.29, 0.717) is 4.83 Å². The fraction of sp³-hybridized carbons (Fsp3) is 0.733. The number of rotatable bonds is 3. The molecule has 2 aliphatic rings. The molecule has 106 valence electrons. The van der Waals surface area contributed by atoms with Crippen LogP contribution in [-0.2, 0) is 9.47 Å². The van der Waals surface area contributed by atoms with Crippen molar-refractivity contribution in [2.75, 3.05) is 0 Å². The largest absolute Gasteiger partial charge is 0.371 e. The van der Waals surface area contributed by atoms with Crippen LogP contribution in [0.5, 0.6) is 0 Å². The highest BCUT2D eigenvalue weighted by Crippen LogP contribution is 2.37. The quantitative estimate of drug-likeness (QED) is 0.573. The van der Waals surface area contributed by atoms with Crippen molar-refractivity contribution in [1.29, 1.82) is 0 Å². The van der Waals surface area contributed by atoms with E-state index in [0.717, 1.165) is 25.7 Å². The van der Waals surface area contributed by atoms with E-state index in [4.69, 9.17) is 27.5 Å². The molecule has 2 aliphatic heterocycles. The zero-order valence-corrected chi connectivity index (χ0v) is 13.4. The van der Waals surface area contributed by atoms with E-state index in [9.17, 15) is 0 Å². The van der Waals surface area contributed by atoms with Gasteiger partial charge in [0.2, 0.25) is 0 Å². The number of hydrogen-bond acceptors (Lipinski definition) is 2. The highest BCUT2D eigenvalue weighted by Gasteiger charge is 2.43. The Bertz CT molecular complexity index is 366. The minimum Gasteiger partial charge on any atom is -0.371 e. The molecule has 0 N–H and O–H groups in total. The molecule has 2 nitrogen and oxygen atoms in total. The summed E-state index contributed by atoms with van der Waals surface area (Å²) < 4.78 is 12.3. The minimum atomic E-state index is 0.0476. The normalized spacial score (nSPS) is 42.8. The van der Waals surface area contributed by atoms with Gasteiger partial charge in [0.25, 0.3) is 0 Å². The Kier molecular flexibility index (Phi) is 5.77. The Hall–Kier alpha value is -0.0100. The summed E-state index contributed by atoms with van der Waals surface area (Å²) in [5.74, 6) is 2.50. The Labute approximate surface area is 129 Å². The van der Waals surface area contributed by atoms with Gasteiger partial charge >= 0.3 is 0 Å². The number of hydrogen-bond donors (Lipinski definition) is 0. The highest BCUT2D eigenvalue weighted by molar-refractivity contribution is 9.09. The molecule has 0 aromatic carbocycles. The van der Waals surface area contributed by atoms with Gasteiger partial charge in [-0.15, -0.1) is 18.0 Å². The maximum atomic E-state index is 6.47. The van der Waals surface area contributed by atoms with Crippen LogP contribution in [0.1, 0.15) is 32.6 Å². The minimum absolute atomic E-state index is 0.0476. The fourth-order valence-electron chi connectivity index (χ4n) is 2.78. The molecule has 2 saturated heterocycles. The van der Waals surface area contributed by atoms with Crippen LogP contribution in [0, 0.1) is 12.3 Å². The van der Waals surface area contributed by atoms with Crippen LogP contribution in [0.15, 0.2) is 12.2 Å². The number of allylic oxidation sites excluding steroid dienone is 1. The smallest absolute Gasteiger partial charge is 0.0876 e. The van der Waals surface area contributed by atoms with Crippen LogP contribution in [0.2, 0.25) is 0 Å². The van der Waals surface area contributed by atoms with Crippen LogP contribution >= 0.6 is 27.5 Å². The number of halogens is 2. The summed E-state index contributed by atoms with van der Waals surface area (Å²) in [7, 11) is 0. The Balaban J connectivity index is 2.07. The third kappa shape index (κ3) is 3.76. The Morgan fingerprint density at radius 1 is 1.32 bits per heavy atom. The summed E-state index contributed by atoms with van der Waals surface area (Å²) in [5.41, 5.74) is 0. The molecular formula is C15H20BrClO2. The van der Waals surface area contributed by atoms with Crippen molar-refractivity contribution < 1.29 is 9.47 Å². The number of ether oxygens (including phenoxy) is 2. The molecule has 6 atom stereocenters. The van der Waals surface area contributed by atoms with Crippen molar-refractivity contribution >= 4 is 27.5 Å². The van der Waals surface area contributed by atoms with Crippen molar-refractivity contribution in [2.45, 2.75) is 67.2 Å². The van der Waals surface area contributed by atoms with E-state index < -0.39 is 0 Å². The van der Waals surface area contributed by atoms with Crippen molar-refractivity contribution in [3.8, 4) is 12.3 Å². The third-order valence-electron chi connectivity index (χ3n) is 3.82. The molecular weight excluding hydrogens is 328 g/mol. The van der Waals surface area contributed by atoms with Crippen molar-refractivity contribution in [3.63, 3.8) is 0 Å². The molecule has 2 unspecified atom stereocenters. The van der Waals surface area contributed by atoms with E-state index >= 15 is 0 Å². The zero-order chi connectivity index (χ0) is 13.8. The third-order valence-corrected chi connectivity index (χ3v) is 5.24. The molecule has 0 amide bonds. The standard InChI is InChI=1S/C15H20BrClO2/c1-3-5-6-7-13-15-9-14(19-13)11(17)8-10(16)12(4-2)18-15/h1,5-6,10-15H,4,7-9H2,2H3/t10-,11-,12?,13?,14-,15-/m0/s1. The molecule has 2 fully saturated rings. The molecule has 19 heavy (non-hydrogen) atoms. The van der Waals surface area contributed by atoms with Gasteiger partial charge in [0.1, 0.15) is 0 Å². The van der Waals surface area contributed by atoms with Crippen molar-refractivity contribution in [2.24, 2.45) is 0 Å². The fourth-order valence-corrected chi connectivity index (χ4v) is 4.25. The second kappa shape index (κ2) is 7.13. The second-order valence-electron chi connectivity index (χ2n) is 5.14. The van der Waals surface area contributed by atoms with Crippen LogP contribution in [0.25, 0.3) is 0 Å². The highest BCUT2D eigenvalue weighted by atomic mass is 79.9. The molecule has 2 heterocycles. The molecule has 0 aromatic heterocycles. The summed E-state index contributed by atoms with van der Waals surface area (Å²) in [6.45, 7) is 2.14. The summed E-state index contributed by atoms with van der Waals surface area (Å²) in [6.07, 6.45) is 12.9. The lowest BCUT2D eigenvalue weighted by Gasteiger charge is -2.30. The van der Waals surface area contributed by atoms with Gasteiger partial charge in [0, 0.05) is 11.2 Å². The SMILES string of the molecule is C#CC=CCC1O[C@H]2C[C@@H]1OC(CC)[C@@H](Br)C[C@@H]2Cl. The summed E-state index contributed by atoms with van der Waals surface area (Å²) in [5, 5.41) is 0.0476. The molecule has 0 spiro atoms. The lowest BCUT2D eigenvalue weighted by atomic mass is 9.99. The average molecular weight is 348 g/mol. The first-order valence-corrected chi connectivity index (χ1v) is 8.21. The van der Waals surface area contributed by atoms with Crippen molar-refractivity contribution in [3.05, 3.63) is 12.2 Å². The summed E-state index contributed by atoms with van der Waals surface area (Å²) in [6, 6.07) is 0. The maximum absolute atomic E-state index is 6.47. The molecule has 0 aliphatic carbocycles. The predicted octanol–water partition coefficient (Wildman–Crippen LogP) is 3.66. The predicted molar refractivity (Wildman–Crippen MR) is 81.8 cm³/mol. The number of fused-ring (bicyclic) bond motifs is 2. The zero-order valence-electron chi connectivity index (χ0n) is 11.1. The molecule has 0 saturated carbocycles. The summed E-state index contributed by atoms with van der Waals surface area (Å²) >= 11 is 10.2. The van der Waals surface area contributed by atoms with Gasteiger partial charge in [-0.1, -0.05) is 34.9 Å². The Morgan fingerprint density at radius 2 is 2.05 bits per heavy atom. The van der Waals surface area contributed by atoms with Gasteiger partial charge in [-0.3, -0.25) is 0 Å². The molecule has 2 rings (SSSR count). The first-order chi connectivity index (χ1) is 9.15. The van der Waals surface area contributed by atoms with Gasteiger partial charge in [-0.05, 0) is 25.3 Å². The van der Waals surface area contributed by atoms with Gasteiger partial charge < -0.3 is 9.47 Å². The lowest BCUT2D eigenvalue weighted by Crippen LogP contribution is -2.37. The van der Waals surface area contributed by atoms with E-state index in [1.807, 2.05) is 6.08 Å². The van der Waals surface area contributed by atoms with Crippen LogP contribution < -0.4 is 0 Å². The van der Waals surface area contributed by atoms with Gasteiger partial charge in [-0.25, -0.2) is 0 Å². The van der Waals surface area contributed by atoms with Gasteiger partial charge in [-0.2, -0.15) is 0 Å². The van der Waals surface area contributed by atoms with Crippen LogP contribution in [0.3, 0.4) is 0 Å². The van der Waals surface area contributed by atoms with Gasteiger partial charge in [0.05, 0.1) is 29.8 Å². The first kappa shape index (κ1) is 15.4. The number of terminal acetylenes is 1. The Morgan fingerprint density at radius 3 is 2.74 bits per heavy atom. The van der Waals surface area contributed by atoms with Crippen LogP contribution in [-0.4, -0.2) is 34.6 Å². The molecule has 4 heteroatoms. The van der Waals surface area contributed by atoms with Crippen molar-refractivity contribution in [1.82, 2.24) is 0 Å². The lowest BCUT2D eigenvalue weighted by molar-refractivity contribution is -0.0500. The maximum Gasteiger partial charge on any atom is 0.0876 e. The molecule has 0 aromatic rings. The van der Waals surface area contributed by atoms with Crippen LogP contribution in [0.4, 0.5) is 0 Å². The summed E-state index contributed by atoms with van der Waals surface area (Å²) in [4.78, 5) is 0.300. The molecule has 2 bridgehead atoms. The monoisotopic (exact) mass is 346 g/mol. The number of alkyl halides is 2. The van der Waals surface area contributed by atoms with E-state index in [-0.39, 0.29) is 29.8 Å². The van der Waals surface area contributed by atoms with E-state index in [1.54, 1.807) is 6.08 Å². The molecule has 0 radical (unpaired) electrons.